The van der Waals surface area contributed by atoms with E-state index in [2.05, 4.69) is 45.0 Å². The smallest absolute Gasteiger partial charge is 0.410 e. The monoisotopic (exact) mass is 565 g/mol. The molecule has 3 rings (SSSR count). The minimum Gasteiger partial charge on any atom is -0.444 e. The minimum atomic E-state index is -0.471. The molecule has 0 spiro atoms. The van der Waals surface area contributed by atoms with E-state index >= 15 is 0 Å². The first-order chi connectivity index (χ1) is 14.2. The first-order valence-electron chi connectivity index (χ1n) is 10.6. The third-order valence-electron chi connectivity index (χ3n) is 5.15. The van der Waals surface area contributed by atoms with Crippen LogP contribution in [0.1, 0.15) is 38.6 Å². The number of ether oxygens (including phenoxy) is 2. The second-order valence-corrected chi connectivity index (χ2v) is 9.87. The zero-order chi connectivity index (χ0) is 21.7. The molecule has 2 fully saturated rings. The lowest BCUT2D eigenvalue weighted by molar-refractivity contribution is -0.0334. The van der Waals surface area contributed by atoms with Crippen molar-refractivity contribution in [2.75, 3.05) is 46.4 Å². The molecule has 0 radical (unpaired) electrons. The van der Waals surface area contributed by atoms with Gasteiger partial charge in [0.25, 0.3) is 0 Å². The summed E-state index contributed by atoms with van der Waals surface area (Å²) < 4.78 is 11.1. The quantitative estimate of drug-likeness (QED) is 0.325. The van der Waals surface area contributed by atoms with Crippen LogP contribution in [0.15, 0.2) is 22.5 Å². The molecular weight excluding hydrogens is 529 g/mol. The van der Waals surface area contributed by atoms with Gasteiger partial charge in [-0.3, -0.25) is 9.89 Å². The van der Waals surface area contributed by atoms with Gasteiger partial charge in [0.2, 0.25) is 0 Å². The normalized spacial score (nSPS) is 21.6. The number of aliphatic imine (C=N–C) groups is 1. The highest BCUT2D eigenvalue weighted by atomic mass is 127. The molecule has 2 atom stereocenters. The van der Waals surface area contributed by atoms with Crippen molar-refractivity contribution < 1.29 is 14.3 Å². The minimum absolute atomic E-state index is 0. The van der Waals surface area contributed by atoms with Crippen molar-refractivity contribution in [2.24, 2.45) is 4.99 Å². The van der Waals surface area contributed by atoms with E-state index in [0.29, 0.717) is 13.1 Å². The molecule has 1 aromatic rings. The van der Waals surface area contributed by atoms with Crippen molar-refractivity contribution in [1.82, 2.24) is 20.4 Å². The van der Waals surface area contributed by atoms with Crippen LogP contribution in [-0.2, 0) is 9.47 Å². The molecule has 2 aliphatic rings. The van der Waals surface area contributed by atoms with Gasteiger partial charge in [0.1, 0.15) is 5.60 Å². The van der Waals surface area contributed by atoms with Crippen LogP contribution >= 0.6 is 35.3 Å². The van der Waals surface area contributed by atoms with Crippen LogP contribution in [0.25, 0.3) is 0 Å². The number of likely N-dealkylation sites (tertiary alicyclic amines) is 1. The third kappa shape index (κ3) is 7.76. The summed E-state index contributed by atoms with van der Waals surface area (Å²) in [6.45, 7) is 12.4. The van der Waals surface area contributed by atoms with E-state index in [9.17, 15) is 4.79 Å². The number of morpholine rings is 1. The SMILES string of the molecule is CN=C(NCC(c1cccs1)N1CCOC(C)C1)NC1CN(C(=O)OC(C)(C)C)C1.I. The van der Waals surface area contributed by atoms with E-state index in [1.54, 1.807) is 23.3 Å². The number of rotatable bonds is 5. The predicted octanol–water partition coefficient (Wildman–Crippen LogP) is 2.91. The van der Waals surface area contributed by atoms with Gasteiger partial charge in [0.15, 0.2) is 5.96 Å². The standard InChI is InChI=1S/C21H35N5O3S.HI/c1-15-12-25(8-9-28-15)17(18-7-6-10-30-18)11-23-19(22-5)24-16-13-26(14-16)20(27)29-21(2,3)4;/h6-7,10,15-17H,8-9,11-14H2,1-5H3,(H2,22,23,24);1H. The number of carbonyl (C=O) groups excluding carboxylic acids is 1. The molecule has 2 N–H and O–H groups in total. The number of hydrogen-bond donors (Lipinski definition) is 2. The largest absolute Gasteiger partial charge is 0.444 e. The number of thiophene rings is 1. The summed E-state index contributed by atoms with van der Waals surface area (Å²) in [6.07, 6.45) is -0.0184. The van der Waals surface area contributed by atoms with Crippen molar-refractivity contribution in [3.63, 3.8) is 0 Å². The fraction of sp³-hybridized carbons (Fsp3) is 0.714. The number of nitrogens with one attached hydrogen (secondary N) is 2. The Hall–Kier alpha value is -1.11. The fourth-order valence-electron chi connectivity index (χ4n) is 3.65. The van der Waals surface area contributed by atoms with E-state index < -0.39 is 5.60 Å². The number of carbonyl (C=O) groups is 1. The highest BCUT2D eigenvalue weighted by Gasteiger charge is 2.34. The molecule has 1 amide bonds. The number of nitrogens with zero attached hydrogens (tertiary/aromatic N) is 3. The van der Waals surface area contributed by atoms with E-state index in [0.717, 1.165) is 32.2 Å². The number of hydrogen-bond acceptors (Lipinski definition) is 6. The zero-order valence-corrected chi connectivity index (χ0v) is 22.2. The van der Waals surface area contributed by atoms with Crippen LogP contribution in [0, 0.1) is 0 Å². The van der Waals surface area contributed by atoms with Gasteiger partial charge in [-0.25, -0.2) is 4.79 Å². The molecule has 31 heavy (non-hydrogen) atoms. The lowest BCUT2D eigenvalue weighted by atomic mass is 10.1. The number of guanidine groups is 1. The van der Waals surface area contributed by atoms with Crippen LogP contribution in [0.5, 0.6) is 0 Å². The lowest BCUT2D eigenvalue weighted by Gasteiger charge is -2.41. The van der Waals surface area contributed by atoms with E-state index in [1.807, 2.05) is 20.8 Å². The molecular formula is C21H36IN5O3S. The summed E-state index contributed by atoms with van der Waals surface area (Å²) in [7, 11) is 1.77. The molecule has 176 valence electrons. The summed E-state index contributed by atoms with van der Waals surface area (Å²) >= 11 is 1.78. The molecule has 0 aliphatic carbocycles. The molecule has 0 saturated carbocycles. The van der Waals surface area contributed by atoms with Crippen LogP contribution in [0.2, 0.25) is 0 Å². The van der Waals surface area contributed by atoms with Crippen molar-refractivity contribution in [2.45, 2.75) is 51.5 Å². The number of amides is 1. The molecule has 0 aromatic carbocycles. The first kappa shape index (κ1) is 26.1. The average molecular weight is 566 g/mol. The second kappa shape index (κ2) is 11.7. The average Bonchev–Trinajstić information content (AvgIpc) is 3.15. The highest BCUT2D eigenvalue weighted by molar-refractivity contribution is 14.0. The van der Waals surface area contributed by atoms with E-state index in [4.69, 9.17) is 9.47 Å². The molecule has 0 bridgehead atoms. The molecule has 2 aliphatic heterocycles. The lowest BCUT2D eigenvalue weighted by Crippen LogP contribution is -2.63. The van der Waals surface area contributed by atoms with Gasteiger partial charge < -0.3 is 25.0 Å². The molecule has 2 saturated heterocycles. The topological polar surface area (TPSA) is 78.4 Å². The van der Waals surface area contributed by atoms with Gasteiger partial charge in [-0.05, 0) is 39.1 Å². The Morgan fingerprint density at radius 1 is 1.39 bits per heavy atom. The van der Waals surface area contributed by atoms with Gasteiger partial charge in [-0.2, -0.15) is 0 Å². The summed E-state index contributed by atoms with van der Waals surface area (Å²) in [4.78, 5) is 22.0. The van der Waals surface area contributed by atoms with E-state index in [1.165, 1.54) is 4.88 Å². The summed E-state index contributed by atoms with van der Waals surface area (Å²) in [5.41, 5.74) is -0.471. The molecule has 8 nitrogen and oxygen atoms in total. The maximum Gasteiger partial charge on any atom is 0.410 e. The van der Waals surface area contributed by atoms with Crippen LogP contribution in [0.4, 0.5) is 4.79 Å². The van der Waals surface area contributed by atoms with Crippen molar-refractivity contribution in [3.05, 3.63) is 22.4 Å². The zero-order valence-electron chi connectivity index (χ0n) is 19.1. The van der Waals surface area contributed by atoms with Crippen molar-refractivity contribution >= 4 is 47.4 Å². The van der Waals surface area contributed by atoms with Gasteiger partial charge in [0.05, 0.1) is 24.8 Å². The number of halogens is 1. The van der Waals surface area contributed by atoms with Gasteiger partial charge in [-0.15, -0.1) is 35.3 Å². The Morgan fingerprint density at radius 2 is 2.13 bits per heavy atom. The van der Waals surface area contributed by atoms with Gasteiger partial charge in [-0.1, -0.05) is 6.07 Å². The molecule has 1 aromatic heterocycles. The fourth-order valence-corrected chi connectivity index (χ4v) is 4.51. The second-order valence-electron chi connectivity index (χ2n) is 8.89. The first-order valence-corrected chi connectivity index (χ1v) is 11.5. The maximum atomic E-state index is 12.1. The summed E-state index contributed by atoms with van der Waals surface area (Å²) in [5, 5.41) is 9.02. The summed E-state index contributed by atoms with van der Waals surface area (Å²) in [5.74, 6) is 0.756. The molecule has 3 heterocycles. The summed E-state index contributed by atoms with van der Waals surface area (Å²) in [6, 6.07) is 4.74. The Morgan fingerprint density at radius 3 is 2.71 bits per heavy atom. The van der Waals surface area contributed by atoms with Crippen molar-refractivity contribution in [3.8, 4) is 0 Å². The van der Waals surface area contributed by atoms with Gasteiger partial charge >= 0.3 is 6.09 Å². The Bertz CT molecular complexity index is 719. The van der Waals surface area contributed by atoms with Crippen LogP contribution in [-0.4, -0.2) is 86.0 Å². The highest BCUT2D eigenvalue weighted by Crippen LogP contribution is 2.26. The predicted molar refractivity (Wildman–Crippen MR) is 136 cm³/mol. The Kier molecular flexibility index (Phi) is 9.84. The van der Waals surface area contributed by atoms with Gasteiger partial charge in [0, 0.05) is 44.6 Å². The third-order valence-corrected chi connectivity index (χ3v) is 6.12. The molecule has 10 heteroatoms. The van der Waals surface area contributed by atoms with Crippen LogP contribution in [0.3, 0.4) is 0 Å². The Labute approximate surface area is 206 Å². The van der Waals surface area contributed by atoms with Crippen LogP contribution < -0.4 is 10.6 Å². The van der Waals surface area contributed by atoms with Crippen molar-refractivity contribution in [1.29, 1.82) is 0 Å². The maximum absolute atomic E-state index is 12.1. The Balaban J connectivity index is 0.00000341. The van der Waals surface area contributed by atoms with E-state index in [-0.39, 0.29) is 48.3 Å². The molecule has 2 unspecified atom stereocenters.